The number of benzene rings is 1. The molecule has 4 heteroatoms. The van der Waals surface area contributed by atoms with Crippen LogP contribution in [-0.4, -0.2) is 5.11 Å². The number of hydrogen-bond donors (Lipinski definition) is 1. The van der Waals surface area contributed by atoms with Crippen molar-refractivity contribution in [3.63, 3.8) is 0 Å². The van der Waals surface area contributed by atoms with E-state index in [1.807, 2.05) is 13.8 Å². The van der Waals surface area contributed by atoms with Crippen LogP contribution < -0.4 is 0 Å². The third kappa shape index (κ3) is 2.86. The summed E-state index contributed by atoms with van der Waals surface area (Å²) in [5.74, 6) is 0. The minimum absolute atomic E-state index is 0.430. The highest BCUT2D eigenvalue weighted by atomic mass is 19.4. The number of aliphatic hydroxyl groups is 1. The second-order valence-corrected chi connectivity index (χ2v) is 4.50. The van der Waals surface area contributed by atoms with E-state index >= 15 is 0 Å². The van der Waals surface area contributed by atoms with Crippen LogP contribution >= 0.6 is 0 Å². The van der Waals surface area contributed by atoms with Crippen molar-refractivity contribution in [3.8, 4) is 0 Å². The lowest BCUT2D eigenvalue weighted by atomic mass is 9.94. The normalized spacial score (nSPS) is 16.9. The number of hydrogen-bond acceptors (Lipinski definition) is 1. The van der Waals surface area contributed by atoms with E-state index in [-0.39, 0.29) is 0 Å². The van der Waals surface area contributed by atoms with E-state index in [0.717, 1.165) is 17.7 Å². The highest BCUT2D eigenvalue weighted by Crippen LogP contribution is 2.48. The van der Waals surface area contributed by atoms with Gasteiger partial charge in [-0.25, -0.2) is 0 Å². The van der Waals surface area contributed by atoms with E-state index in [4.69, 9.17) is 0 Å². The fraction of sp³-hybridized carbons (Fsp3) is 0.571. The highest BCUT2D eigenvalue weighted by Gasteiger charge is 2.44. The van der Waals surface area contributed by atoms with Crippen LogP contribution in [0.15, 0.2) is 12.1 Å². The first-order valence-corrected chi connectivity index (χ1v) is 6.15. The van der Waals surface area contributed by atoms with Gasteiger partial charge in [-0.1, -0.05) is 13.8 Å². The Morgan fingerprint density at radius 3 is 2.00 bits per heavy atom. The summed E-state index contributed by atoms with van der Waals surface area (Å²) in [4.78, 5) is 0. The Balaban J connectivity index is 0.000000771. The molecule has 1 fully saturated rings. The quantitative estimate of drug-likeness (QED) is 0.796. The summed E-state index contributed by atoms with van der Waals surface area (Å²) >= 11 is 0. The molecule has 0 radical (unpaired) electrons. The van der Waals surface area contributed by atoms with E-state index in [0.29, 0.717) is 24.0 Å². The maximum Gasteiger partial charge on any atom is 0.416 e. The van der Waals surface area contributed by atoms with Gasteiger partial charge < -0.3 is 5.11 Å². The van der Waals surface area contributed by atoms with E-state index in [1.165, 1.54) is 0 Å². The molecule has 1 N–H and O–H groups in total. The minimum atomic E-state index is -4.35. The van der Waals surface area contributed by atoms with Crippen molar-refractivity contribution in [1.82, 2.24) is 0 Å². The molecular weight excluding hydrogens is 241 g/mol. The van der Waals surface area contributed by atoms with E-state index in [2.05, 4.69) is 0 Å². The molecule has 0 atom stereocenters. The lowest BCUT2D eigenvalue weighted by molar-refractivity contribution is -0.137. The Kier molecular flexibility index (Phi) is 4.11. The maximum absolute atomic E-state index is 12.6. The molecular formula is C14H19F3O. The summed E-state index contributed by atoms with van der Waals surface area (Å²) in [5.41, 5.74) is 0.0692. The molecule has 1 saturated carbocycles. The Hall–Kier alpha value is -1.03. The molecule has 0 amide bonds. The molecule has 1 aromatic rings. The third-order valence-electron chi connectivity index (χ3n) is 3.22. The molecule has 0 bridgehead atoms. The average molecular weight is 260 g/mol. The molecule has 102 valence electrons. The minimum Gasteiger partial charge on any atom is -0.385 e. The van der Waals surface area contributed by atoms with Crippen molar-refractivity contribution < 1.29 is 18.3 Å². The largest absolute Gasteiger partial charge is 0.416 e. The maximum atomic E-state index is 12.6. The Bertz CT molecular complexity index is 431. The fourth-order valence-electron chi connectivity index (χ4n) is 1.89. The first-order chi connectivity index (χ1) is 8.24. The van der Waals surface area contributed by atoms with Crippen molar-refractivity contribution in [1.29, 1.82) is 0 Å². The molecule has 18 heavy (non-hydrogen) atoms. The zero-order valence-corrected chi connectivity index (χ0v) is 11.2. The van der Waals surface area contributed by atoms with Gasteiger partial charge in [0, 0.05) is 0 Å². The van der Waals surface area contributed by atoms with Gasteiger partial charge in [-0.05, 0) is 55.5 Å². The Morgan fingerprint density at radius 2 is 1.61 bits per heavy atom. The summed E-state index contributed by atoms with van der Waals surface area (Å²) in [5, 5.41) is 9.93. The van der Waals surface area contributed by atoms with Gasteiger partial charge >= 0.3 is 6.18 Å². The van der Waals surface area contributed by atoms with Crippen LogP contribution in [0.1, 0.15) is 48.9 Å². The predicted molar refractivity (Wildman–Crippen MR) is 65.4 cm³/mol. The third-order valence-corrected chi connectivity index (χ3v) is 3.22. The Labute approximate surface area is 106 Å². The molecule has 1 aromatic carbocycles. The van der Waals surface area contributed by atoms with Gasteiger partial charge in [-0.3, -0.25) is 0 Å². The van der Waals surface area contributed by atoms with Crippen molar-refractivity contribution in [2.75, 3.05) is 0 Å². The second kappa shape index (κ2) is 4.92. The first-order valence-electron chi connectivity index (χ1n) is 6.15. The Morgan fingerprint density at radius 1 is 1.11 bits per heavy atom. The predicted octanol–water partition coefficient (Wildman–Crippen LogP) is 4.33. The first kappa shape index (κ1) is 15.0. The summed E-state index contributed by atoms with van der Waals surface area (Å²) in [6.07, 6.45) is -3.25. The summed E-state index contributed by atoms with van der Waals surface area (Å²) in [7, 11) is 0. The molecule has 0 aliphatic heterocycles. The molecule has 0 saturated heterocycles. The van der Waals surface area contributed by atoms with Crippen LogP contribution in [0.25, 0.3) is 0 Å². The van der Waals surface area contributed by atoms with E-state index in [1.54, 1.807) is 13.8 Å². The van der Waals surface area contributed by atoms with E-state index < -0.39 is 17.3 Å². The topological polar surface area (TPSA) is 20.2 Å². The molecule has 2 rings (SSSR count). The number of halogens is 3. The van der Waals surface area contributed by atoms with Crippen LogP contribution in [0.5, 0.6) is 0 Å². The number of alkyl halides is 3. The van der Waals surface area contributed by atoms with Gasteiger partial charge in [0.15, 0.2) is 0 Å². The van der Waals surface area contributed by atoms with Crippen molar-refractivity contribution in [2.45, 2.75) is 52.3 Å². The summed E-state index contributed by atoms with van der Waals surface area (Å²) in [6.45, 7) is 7.39. The second-order valence-electron chi connectivity index (χ2n) is 4.50. The standard InChI is InChI=1S/C12H13F3O.C2H6/c1-7-5-9(12(13,14)15)6-10(8(7)2)11(16)3-4-11;1-2/h5-6,16H,3-4H2,1-2H3;1-2H3. The smallest absolute Gasteiger partial charge is 0.385 e. The van der Waals surface area contributed by atoms with E-state index in [9.17, 15) is 18.3 Å². The lowest BCUT2D eigenvalue weighted by Crippen LogP contribution is -2.13. The summed E-state index contributed by atoms with van der Waals surface area (Å²) < 4.78 is 37.8. The molecule has 0 aromatic heterocycles. The van der Waals surface area contributed by atoms with Crippen LogP contribution in [0.3, 0.4) is 0 Å². The van der Waals surface area contributed by atoms with Crippen molar-refractivity contribution in [2.24, 2.45) is 0 Å². The van der Waals surface area contributed by atoms with Crippen LogP contribution in [0.4, 0.5) is 13.2 Å². The molecule has 1 aliphatic carbocycles. The van der Waals surface area contributed by atoms with Crippen LogP contribution in [0, 0.1) is 13.8 Å². The SMILES string of the molecule is CC.Cc1cc(C(F)(F)F)cc(C2(O)CC2)c1C. The van der Waals surface area contributed by atoms with Gasteiger partial charge in [-0.15, -0.1) is 0 Å². The summed E-state index contributed by atoms with van der Waals surface area (Å²) in [6, 6.07) is 2.21. The molecule has 0 unspecified atom stereocenters. The molecule has 1 nitrogen and oxygen atoms in total. The van der Waals surface area contributed by atoms with Gasteiger partial charge in [0.1, 0.15) is 0 Å². The van der Waals surface area contributed by atoms with Gasteiger partial charge in [0.2, 0.25) is 0 Å². The molecule has 1 aliphatic rings. The van der Waals surface area contributed by atoms with Crippen LogP contribution in [0.2, 0.25) is 0 Å². The van der Waals surface area contributed by atoms with Gasteiger partial charge in [0.25, 0.3) is 0 Å². The lowest BCUT2D eigenvalue weighted by Gasteiger charge is -2.17. The van der Waals surface area contributed by atoms with Crippen molar-refractivity contribution in [3.05, 3.63) is 34.4 Å². The molecule has 0 spiro atoms. The average Bonchev–Trinajstić information content (AvgIpc) is 3.02. The molecule has 0 heterocycles. The van der Waals surface area contributed by atoms with Crippen molar-refractivity contribution >= 4 is 0 Å². The highest BCUT2D eigenvalue weighted by molar-refractivity contribution is 5.44. The number of aryl methyl sites for hydroxylation is 1. The van der Waals surface area contributed by atoms with Gasteiger partial charge in [0.05, 0.1) is 11.2 Å². The zero-order chi connectivity index (χ0) is 14.1. The number of rotatable bonds is 1. The van der Waals surface area contributed by atoms with Crippen LogP contribution in [-0.2, 0) is 11.8 Å². The monoisotopic (exact) mass is 260 g/mol. The van der Waals surface area contributed by atoms with Gasteiger partial charge in [-0.2, -0.15) is 13.2 Å². The zero-order valence-electron chi connectivity index (χ0n) is 11.2. The fourth-order valence-corrected chi connectivity index (χ4v) is 1.89.